The average molecular weight is 418 g/mol. The molecular formula is C23H27N7O. The molecule has 1 aliphatic carbocycles. The Hall–Kier alpha value is -3.29. The molecule has 0 unspecified atom stereocenters. The minimum absolute atomic E-state index is 0.323. The van der Waals surface area contributed by atoms with Gasteiger partial charge in [0, 0.05) is 17.8 Å². The first-order valence-corrected chi connectivity index (χ1v) is 10.9. The van der Waals surface area contributed by atoms with Crippen molar-refractivity contribution in [1.82, 2.24) is 34.9 Å². The second-order valence-corrected chi connectivity index (χ2v) is 8.60. The normalized spacial score (nSPS) is 19.2. The molecule has 1 saturated carbocycles. The molecule has 160 valence electrons. The van der Waals surface area contributed by atoms with Gasteiger partial charge in [-0.25, -0.2) is 14.6 Å². The van der Waals surface area contributed by atoms with Gasteiger partial charge < -0.3 is 4.74 Å². The predicted octanol–water partition coefficient (Wildman–Crippen LogP) is 5.07. The van der Waals surface area contributed by atoms with Gasteiger partial charge in [-0.2, -0.15) is 10.2 Å². The number of aryl methyl sites for hydroxylation is 1. The first-order valence-electron chi connectivity index (χ1n) is 10.9. The summed E-state index contributed by atoms with van der Waals surface area (Å²) in [5, 5.41) is 13.2. The highest BCUT2D eigenvalue weighted by molar-refractivity contribution is 5.80. The van der Waals surface area contributed by atoms with Gasteiger partial charge in [0.25, 0.3) is 0 Å². The van der Waals surface area contributed by atoms with Crippen molar-refractivity contribution in [2.24, 2.45) is 0 Å². The van der Waals surface area contributed by atoms with Gasteiger partial charge in [-0.1, -0.05) is 13.8 Å². The second kappa shape index (κ2) is 8.09. The molecule has 0 amide bonds. The van der Waals surface area contributed by atoms with E-state index >= 15 is 0 Å². The predicted molar refractivity (Wildman–Crippen MR) is 117 cm³/mol. The fraction of sp³-hybridized carbons (Fsp3) is 0.435. The van der Waals surface area contributed by atoms with Crippen molar-refractivity contribution in [3.05, 3.63) is 54.0 Å². The SMILES string of the molecule is Cc1ncccc1Oc1ncnc2c1cnn2C1CCC(c2cc(C(C)C)n[nH]2)CC1. The van der Waals surface area contributed by atoms with Crippen LogP contribution in [0.25, 0.3) is 11.0 Å². The lowest BCUT2D eigenvalue weighted by Crippen LogP contribution is -2.18. The maximum absolute atomic E-state index is 6.04. The van der Waals surface area contributed by atoms with Gasteiger partial charge in [0.05, 0.1) is 23.6 Å². The Morgan fingerprint density at radius 3 is 2.71 bits per heavy atom. The molecule has 8 heteroatoms. The van der Waals surface area contributed by atoms with Crippen LogP contribution in [0.15, 0.2) is 36.9 Å². The van der Waals surface area contributed by atoms with Gasteiger partial charge >= 0.3 is 0 Å². The van der Waals surface area contributed by atoms with Gasteiger partial charge in [0.1, 0.15) is 11.7 Å². The highest BCUT2D eigenvalue weighted by atomic mass is 16.5. The van der Waals surface area contributed by atoms with Crippen LogP contribution in [0, 0.1) is 6.92 Å². The first-order chi connectivity index (χ1) is 15.1. The number of ether oxygens (including phenoxy) is 1. The summed E-state index contributed by atoms with van der Waals surface area (Å²) in [6, 6.07) is 6.30. The molecule has 0 spiro atoms. The van der Waals surface area contributed by atoms with Crippen molar-refractivity contribution >= 4 is 11.0 Å². The van der Waals surface area contributed by atoms with Crippen molar-refractivity contribution in [1.29, 1.82) is 0 Å². The monoisotopic (exact) mass is 417 g/mol. The van der Waals surface area contributed by atoms with E-state index in [1.807, 2.05) is 29.9 Å². The summed E-state index contributed by atoms with van der Waals surface area (Å²) in [5.74, 6) is 2.18. The molecule has 1 fully saturated rings. The molecule has 0 atom stereocenters. The lowest BCUT2D eigenvalue weighted by molar-refractivity contribution is 0.306. The quantitative estimate of drug-likeness (QED) is 0.487. The van der Waals surface area contributed by atoms with Crippen LogP contribution in [0.4, 0.5) is 0 Å². The third-order valence-electron chi connectivity index (χ3n) is 6.21. The van der Waals surface area contributed by atoms with Crippen molar-refractivity contribution in [3.8, 4) is 11.6 Å². The average Bonchev–Trinajstić information content (AvgIpc) is 3.44. The molecule has 8 nitrogen and oxygen atoms in total. The van der Waals surface area contributed by atoms with E-state index in [2.05, 4.69) is 50.2 Å². The molecular weight excluding hydrogens is 390 g/mol. The summed E-state index contributed by atoms with van der Waals surface area (Å²) in [4.78, 5) is 13.1. The topological polar surface area (TPSA) is 94.4 Å². The van der Waals surface area contributed by atoms with Crippen LogP contribution in [-0.2, 0) is 0 Å². The molecule has 0 aliphatic heterocycles. The standard InChI is InChI=1S/C23H27N7O/c1-14(2)19-11-20(29-28-19)16-6-8-17(9-7-16)30-22-18(12-27-30)23(26-13-25-22)31-21-5-4-10-24-15(21)3/h4-5,10-14,16-17H,6-9H2,1-3H3,(H,28,29). The molecule has 0 aromatic carbocycles. The Morgan fingerprint density at radius 2 is 1.97 bits per heavy atom. The molecule has 4 heterocycles. The van der Waals surface area contributed by atoms with Crippen molar-refractivity contribution in [2.45, 2.75) is 64.3 Å². The second-order valence-electron chi connectivity index (χ2n) is 8.60. The number of aromatic amines is 1. The van der Waals surface area contributed by atoms with E-state index in [-0.39, 0.29) is 0 Å². The Balaban J connectivity index is 1.34. The number of H-pyrrole nitrogens is 1. The molecule has 4 aromatic heterocycles. The van der Waals surface area contributed by atoms with E-state index in [1.165, 1.54) is 5.69 Å². The molecule has 4 aromatic rings. The van der Waals surface area contributed by atoms with Gasteiger partial charge in [0.15, 0.2) is 11.4 Å². The summed E-state index contributed by atoms with van der Waals surface area (Å²) in [6.45, 7) is 6.27. The van der Waals surface area contributed by atoms with Crippen molar-refractivity contribution < 1.29 is 4.74 Å². The van der Waals surface area contributed by atoms with Gasteiger partial charge in [-0.15, -0.1) is 0 Å². The van der Waals surface area contributed by atoms with Crippen molar-refractivity contribution in [3.63, 3.8) is 0 Å². The third kappa shape index (κ3) is 3.78. The number of pyridine rings is 1. The summed E-state index contributed by atoms with van der Waals surface area (Å²) in [5.41, 5.74) is 4.04. The maximum atomic E-state index is 6.04. The van der Waals surface area contributed by atoms with Gasteiger partial charge in [-0.3, -0.25) is 10.1 Å². The molecule has 1 N–H and O–H groups in total. The molecule has 0 saturated heterocycles. The molecule has 0 bridgehead atoms. The summed E-state index contributed by atoms with van der Waals surface area (Å²) in [6.07, 6.45) is 9.43. The smallest absolute Gasteiger partial charge is 0.233 e. The fourth-order valence-electron chi connectivity index (χ4n) is 4.36. The number of aromatic nitrogens is 7. The highest BCUT2D eigenvalue weighted by Crippen LogP contribution is 2.39. The van der Waals surface area contributed by atoms with Crippen LogP contribution in [0.3, 0.4) is 0 Å². The van der Waals surface area contributed by atoms with Crippen LogP contribution >= 0.6 is 0 Å². The van der Waals surface area contributed by atoms with Crippen LogP contribution in [0.2, 0.25) is 0 Å². The Labute approximate surface area is 181 Å². The molecule has 31 heavy (non-hydrogen) atoms. The van der Waals surface area contributed by atoms with Crippen LogP contribution in [-0.4, -0.2) is 34.9 Å². The minimum Gasteiger partial charge on any atom is -0.436 e. The summed E-state index contributed by atoms with van der Waals surface area (Å²) < 4.78 is 8.09. The van der Waals surface area contributed by atoms with Crippen LogP contribution in [0.5, 0.6) is 11.6 Å². The Kier molecular flexibility index (Phi) is 5.13. The zero-order valence-electron chi connectivity index (χ0n) is 18.1. The van der Waals surface area contributed by atoms with Crippen molar-refractivity contribution in [2.75, 3.05) is 0 Å². The highest BCUT2D eigenvalue weighted by Gasteiger charge is 2.27. The van der Waals surface area contributed by atoms with Crippen LogP contribution < -0.4 is 4.74 Å². The third-order valence-corrected chi connectivity index (χ3v) is 6.21. The number of fused-ring (bicyclic) bond motifs is 1. The Bertz CT molecular complexity index is 1190. The summed E-state index contributed by atoms with van der Waals surface area (Å²) >= 11 is 0. The maximum Gasteiger partial charge on any atom is 0.233 e. The van der Waals surface area contributed by atoms with E-state index in [1.54, 1.807) is 12.5 Å². The lowest BCUT2D eigenvalue weighted by atomic mass is 9.84. The number of nitrogens with zero attached hydrogens (tertiary/aromatic N) is 6. The minimum atomic E-state index is 0.323. The van der Waals surface area contributed by atoms with Gasteiger partial charge in [0.2, 0.25) is 5.88 Å². The number of nitrogens with one attached hydrogen (secondary N) is 1. The molecule has 5 rings (SSSR count). The largest absolute Gasteiger partial charge is 0.436 e. The lowest BCUT2D eigenvalue weighted by Gasteiger charge is -2.28. The van der Waals surface area contributed by atoms with E-state index in [4.69, 9.17) is 4.74 Å². The molecule has 0 radical (unpaired) electrons. The number of hydrogen-bond acceptors (Lipinski definition) is 6. The van der Waals surface area contributed by atoms with Crippen LogP contribution in [0.1, 0.15) is 74.5 Å². The zero-order chi connectivity index (χ0) is 21.4. The first kappa shape index (κ1) is 19.7. The number of rotatable bonds is 5. The zero-order valence-corrected chi connectivity index (χ0v) is 18.1. The Morgan fingerprint density at radius 1 is 1.13 bits per heavy atom. The van der Waals surface area contributed by atoms with Gasteiger partial charge in [-0.05, 0) is 56.7 Å². The van der Waals surface area contributed by atoms with E-state index in [0.29, 0.717) is 29.5 Å². The van der Waals surface area contributed by atoms with E-state index in [0.717, 1.165) is 48.1 Å². The number of hydrogen-bond donors (Lipinski definition) is 1. The fourth-order valence-corrected chi connectivity index (χ4v) is 4.36. The molecule has 1 aliphatic rings. The van der Waals surface area contributed by atoms with E-state index in [9.17, 15) is 0 Å². The van der Waals surface area contributed by atoms with E-state index < -0.39 is 0 Å². The summed E-state index contributed by atoms with van der Waals surface area (Å²) in [7, 11) is 0.